The molecule has 1 aromatic rings. The lowest BCUT2D eigenvalue weighted by atomic mass is 9.88. The number of carboxylic acid groups (broad SMARTS) is 1. The van der Waals surface area contributed by atoms with Gasteiger partial charge in [0.25, 0.3) is 0 Å². The zero-order valence-corrected chi connectivity index (χ0v) is 16.3. The van der Waals surface area contributed by atoms with Crippen molar-refractivity contribution in [3.8, 4) is 0 Å². The summed E-state index contributed by atoms with van der Waals surface area (Å²) in [5.41, 5.74) is 1.15. The van der Waals surface area contributed by atoms with Crippen molar-refractivity contribution >= 4 is 29.2 Å². The van der Waals surface area contributed by atoms with Gasteiger partial charge in [-0.1, -0.05) is 30.7 Å². The van der Waals surface area contributed by atoms with E-state index in [9.17, 15) is 4.79 Å². The van der Waals surface area contributed by atoms with E-state index in [4.69, 9.17) is 33.0 Å². The molecule has 0 bridgehead atoms. The van der Waals surface area contributed by atoms with Crippen molar-refractivity contribution < 1.29 is 14.6 Å². The van der Waals surface area contributed by atoms with E-state index in [2.05, 4.69) is 24.9 Å². The van der Waals surface area contributed by atoms with Gasteiger partial charge in [0.05, 0.1) is 12.2 Å². The number of nitrogens with zero attached hydrogens (tertiary/aromatic N) is 1. The summed E-state index contributed by atoms with van der Waals surface area (Å²) in [4.78, 5) is 13.1. The molecule has 2 rings (SSSR count). The number of benzene rings is 1. The minimum Gasteiger partial charge on any atom is -0.481 e. The highest BCUT2D eigenvalue weighted by Gasteiger charge is 2.35. The van der Waals surface area contributed by atoms with Crippen LogP contribution in [0.5, 0.6) is 0 Å². The van der Waals surface area contributed by atoms with Gasteiger partial charge in [-0.2, -0.15) is 0 Å². The number of halogens is 2. The maximum atomic E-state index is 10.8. The van der Waals surface area contributed by atoms with Crippen molar-refractivity contribution in [3.05, 3.63) is 34.9 Å². The van der Waals surface area contributed by atoms with Crippen LogP contribution in [0.1, 0.15) is 44.1 Å². The number of alkyl halides is 1. The van der Waals surface area contributed by atoms with Crippen LogP contribution >= 0.6 is 23.2 Å². The van der Waals surface area contributed by atoms with E-state index in [0.29, 0.717) is 12.3 Å². The van der Waals surface area contributed by atoms with Gasteiger partial charge in [0, 0.05) is 29.9 Å². The molecule has 4 nitrogen and oxygen atoms in total. The smallest absolute Gasteiger partial charge is 0.303 e. The van der Waals surface area contributed by atoms with E-state index in [1.807, 2.05) is 18.2 Å². The molecule has 0 aliphatic carbocycles. The van der Waals surface area contributed by atoms with Gasteiger partial charge < -0.3 is 9.84 Å². The standard InChI is InChI=1S/C19H27Cl2NO3/c1-3-18-17(22(2)12-16(25-18)7-8-19(23)24)10-14(11-20)13-5-4-6-15(21)9-13/h4-6,9,14,16-18H,3,7-8,10-12H2,1-2H3,(H,23,24)/t14?,16-,17?,18?/m0/s1. The number of hydrogen-bond donors (Lipinski definition) is 1. The summed E-state index contributed by atoms with van der Waals surface area (Å²) >= 11 is 12.4. The molecule has 0 amide bonds. The summed E-state index contributed by atoms with van der Waals surface area (Å²) < 4.78 is 6.20. The first-order chi connectivity index (χ1) is 11.9. The molecule has 1 fully saturated rings. The lowest BCUT2D eigenvalue weighted by molar-refractivity contribution is -0.142. The Morgan fingerprint density at radius 3 is 2.84 bits per heavy atom. The molecule has 3 unspecified atom stereocenters. The molecule has 1 aliphatic heterocycles. The summed E-state index contributed by atoms with van der Waals surface area (Å²) in [6, 6.07) is 8.13. The first kappa shape index (κ1) is 20.5. The monoisotopic (exact) mass is 387 g/mol. The van der Waals surface area contributed by atoms with Crippen LogP contribution in [0.2, 0.25) is 5.02 Å². The highest BCUT2D eigenvalue weighted by atomic mass is 35.5. The van der Waals surface area contributed by atoms with Gasteiger partial charge in [0.2, 0.25) is 0 Å². The molecule has 1 saturated heterocycles. The van der Waals surface area contributed by atoms with Crippen LogP contribution in [0.15, 0.2) is 24.3 Å². The number of likely N-dealkylation sites (N-methyl/N-ethyl adjacent to an activating group) is 1. The molecule has 4 atom stereocenters. The lowest BCUT2D eigenvalue weighted by Gasteiger charge is -2.44. The van der Waals surface area contributed by atoms with Crippen LogP contribution in [-0.2, 0) is 9.53 Å². The van der Waals surface area contributed by atoms with Gasteiger partial charge in [-0.15, -0.1) is 11.6 Å². The predicted molar refractivity (Wildman–Crippen MR) is 102 cm³/mol. The summed E-state index contributed by atoms with van der Waals surface area (Å²) in [5, 5.41) is 9.61. The van der Waals surface area contributed by atoms with Gasteiger partial charge in [-0.3, -0.25) is 9.69 Å². The zero-order chi connectivity index (χ0) is 18.4. The fourth-order valence-electron chi connectivity index (χ4n) is 3.61. The van der Waals surface area contributed by atoms with Crippen LogP contribution in [0, 0.1) is 0 Å². The van der Waals surface area contributed by atoms with E-state index in [-0.39, 0.29) is 30.6 Å². The number of carboxylic acids is 1. The van der Waals surface area contributed by atoms with Gasteiger partial charge in [0.15, 0.2) is 0 Å². The summed E-state index contributed by atoms with van der Waals surface area (Å²) in [5.74, 6) is -0.0329. The van der Waals surface area contributed by atoms with Crippen LogP contribution in [0.25, 0.3) is 0 Å². The average Bonchev–Trinajstić information content (AvgIpc) is 2.58. The second-order valence-corrected chi connectivity index (χ2v) is 7.53. The van der Waals surface area contributed by atoms with Gasteiger partial charge >= 0.3 is 5.97 Å². The van der Waals surface area contributed by atoms with Crippen LogP contribution in [0.3, 0.4) is 0 Å². The molecule has 0 saturated carbocycles. The topological polar surface area (TPSA) is 49.8 Å². The first-order valence-electron chi connectivity index (χ1n) is 8.83. The Bertz CT molecular complexity index is 569. The number of ether oxygens (including phenoxy) is 1. The van der Waals surface area contributed by atoms with Crippen molar-refractivity contribution in [2.75, 3.05) is 19.5 Å². The predicted octanol–water partition coefficient (Wildman–Crippen LogP) is 4.40. The highest BCUT2D eigenvalue weighted by Crippen LogP contribution is 2.32. The maximum absolute atomic E-state index is 10.8. The van der Waals surface area contributed by atoms with Crippen LogP contribution in [-0.4, -0.2) is 53.7 Å². The van der Waals surface area contributed by atoms with Crippen molar-refractivity contribution in [3.63, 3.8) is 0 Å². The average molecular weight is 388 g/mol. The van der Waals surface area contributed by atoms with E-state index >= 15 is 0 Å². The Balaban J connectivity index is 2.05. The second kappa shape index (κ2) is 9.77. The van der Waals surface area contributed by atoms with Crippen molar-refractivity contribution in [2.45, 2.75) is 56.8 Å². The summed E-state index contributed by atoms with van der Waals surface area (Å²) in [6.45, 7) is 2.86. The molecular weight excluding hydrogens is 361 g/mol. The molecule has 1 heterocycles. The zero-order valence-electron chi connectivity index (χ0n) is 14.8. The lowest BCUT2D eigenvalue weighted by Crippen LogP contribution is -2.53. The maximum Gasteiger partial charge on any atom is 0.303 e. The molecule has 0 spiro atoms. The van der Waals surface area contributed by atoms with Crippen molar-refractivity contribution in [2.24, 2.45) is 0 Å². The Morgan fingerprint density at radius 1 is 1.48 bits per heavy atom. The third kappa shape index (κ3) is 5.85. The molecular formula is C19H27Cl2NO3. The molecule has 6 heteroatoms. The molecule has 0 radical (unpaired) electrons. The Labute approximate surface area is 160 Å². The largest absolute Gasteiger partial charge is 0.481 e. The molecule has 140 valence electrons. The van der Waals surface area contributed by atoms with E-state index in [1.165, 1.54) is 0 Å². The number of carbonyl (C=O) groups is 1. The first-order valence-corrected chi connectivity index (χ1v) is 9.74. The van der Waals surface area contributed by atoms with E-state index in [0.717, 1.165) is 30.0 Å². The fraction of sp³-hybridized carbons (Fsp3) is 0.632. The molecule has 25 heavy (non-hydrogen) atoms. The molecule has 0 aromatic heterocycles. The summed E-state index contributed by atoms with van der Waals surface area (Å²) in [6.07, 6.45) is 2.54. The van der Waals surface area contributed by atoms with Crippen LogP contribution in [0.4, 0.5) is 0 Å². The number of rotatable bonds is 8. The Hall–Kier alpha value is -0.810. The van der Waals surface area contributed by atoms with E-state index in [1.54, 1.807) is 0 Å². The minimum atomic E-state index is -0.774. The normalized spacial score (nSPS) is 25.7. The molecule has 1 aliphatic rings. The van der Waals surface area contributed by atoms with Crippen LogP contribution < -0.4 is 0 Å². The highest BCUT2D eigenvalue weighted by molar-refractivity contribution is 6.30. The summed E-state index contributed by atoms with van der Waals surface area (Å²) in [7, 11) is 2.09. The third-order valence-corrected chi connectivity index (χ3v) is 5.58. The van der Waals surface area contributed by atoms with Gasteiger partial charge in [-0.05, 0) is 49.9 Å². The second-order valence-electron chi connectivity index (χ2n) is 6.79. The number of aliphatic carboxylic acids is 1. The van der Waals surface area contributed by atoms with Crippen molar-refractivity contribution in [1.82, 2.24) is 4.90 Å². The van der Waals surface area contributed by atoms with Crippen molar-refractivity contribution in [1.29, 1.82) is 0 Å². The van der Waals surface area contributed by atoms with E-state index < -0.39 is 5.97 Å². The molecule has 1 aromatic carbocycles. The van der Waals surface area contributed by atoms with Gasteiger partial charge in [-0.25, -0.2) is 0 Å². The Kier molecular flexibility index (Phi) is 8.01. The Morgan fingerprint density at radius 2 is 2.24 bits per heavy atom. The van der Waals surface area contributed by atoms with Gasteiger partial charge in [0.1, 0.15) is 0 Å². The number of morpholine rings is 1. The fourth-order valence-corrected chi connectivity index (χ4v) is 4.11. The SMILES string of the molecule is CCC1O[C@@H](CCC(=O)O)CN(C)C1CC(CCl)c1cccc(Cl)c1. The minimum absolute atomic E-state index is 0.0251. The molecule has 1 N–H and O–H groups in total. The quantitative estimate of drug-likeness (QED) is 0.671. The third-order valence-electron chi connectivity index (χ3n) is 4.97. The number of hydrogen-bond acceptors (Lipinski definition) is 3.